The van der Waals surface area contributed by atoms with Crippen LogP contribution in [0.5, 0.6) is 0 Å². The first-order chi connectivity index (χ1) is 9.54. The van der Waals surface area contributed by atoms with Crippen molar-refractivity contribution in [2.75, 3.05) is 13.6 Å². The summed E-state index contributed by atoms with van der Waals surface area (Å²) in [7, 11) is 1.77. The van der Waals surface area contributed by atoms with Gasteiger partial charge in [0.15, 0.2) is 0 Å². The summed E-state index contributed by atoms with van der Waals surface area (Å²) in [6, 6.07) is 4.63. The smallest absolute Gasteiger partial charge is 0.227 e. The van der Waals surface area contributed by atoms with Crippen LogP contribution in [0.15, 0.2) is 18.2 Å². The number of carbonyl (C=O) groups excluding carboxylic acids is 1. The van der Waals surface area contributed by atoms with Gasteiger partial charge in [-0.15, -0.1) is 0 Å². The highest BCUT2D eigenvalue weighted by atomic mass is 35.5. The topological polar surface area (TPSA) is 46.3 Å². The summed E-state index contributed by atoms with van der Waals surface area (Å²) < 4.78 is 13.7. The van der Waals surface area contributed by atoms with Crippen molar-refractivity contribution in [3.63, 3.8) is 0 Å². The van der Waals surface area contributed by atoms with Crippen LogP contribution in [0.4, 0.5) is 4.39 Å². The number of rotatable bonds is 4. The second-order valence-corrected chi connectivity index (χ2v) is 5.78. The van der Waals surface area contributed by atoms with Crippen molar-refractivity contribution < 1.29 is 9.18 Å². The zero-order valence-electron chi connectivity index (χ0n) is 11.6. The minimum absolute atomic E-state index is 0.00417. The highest BCUT2D eigenvalue weighted by Crippen LogP contribution is 2.29. The van der Waals surface area contributed by atoms with E-state index >= 15 is 0 Å². The first-order valence-corrected chi connectivity index (χ1v) is 7.31. The molecule has 5 heteroatoms. The normalized spacial score (nSPS) is 22.0. The number of likely N-dealkylation sites (N-methyl/N-ethyl adjacent to an activating group) is 1. The average Bonchev–Trinajstić information content (AvgIpc) is 2.90. The second kappa shape index (κ2) is 6.55. The fourth-order valence-electron chi connectivity index (χ4n) is 2.96. The first kappa shape index (κ1) is 15.3. The van der Waals surface area contributed by atoms with E-state index < -0.39 is 5.82 Å². The summed E-state index contributed by atoms with van der Waals surface area (Å²) in [4.78, 5) is 14.0. The molecule has 0 spiro atoms. The van der Waals surface area contributed by atoms with Gasteiger partial charge in [0.05, 0.1) is 6.42 Å². The molecule has 1 amide bonds. The molecule has 0 bridgehead atoms. The van der Waals surface area contributed by atoms with Crippen molar-refractivity contribution in [3.05, 3.63) is 34.6 Å². The maximum Gasteiger partial charge on any atom is 0.227 e. The van der Waals surface area contributed by atoms with E-state index in [-0.39, 0.29) is 23.9 Å². The Hall–Kier alpha value is -1.13. The Bertz CT molecular complexity index is 475. The zero-order valence-corrected chi connectivity index (χ0v) is 12.4. The number of nitrogens with two attached hydrogens (primary N) is 1. The van der Waals surface area contributed by atoms with Gasteiger partial charge in [-0.05, 0) is 37.4 Å². The van der Waals surface area contributed by atoms with E-state index in [1.54, 1.807) is 18.0 Å². The molecule has 110 valence electrons. The Labute approximate surface area is 123 Å². The van der Waals surface area contributed by atoms with Crippen molar-refractivity contribution in [2.45, 2.75) is 31.7 Å². The Morgan fingerprint density at radius 2 is 2.25 bits per heavy atom. The van der Waals surface area contributed by atoms with Crippen LogP contribution in [0.25, 0.3) is 0 Å². The molecule has 0 aromatic heterocycles. The molecular weight excluding hydrogens is 279 g/mol. The fraction of sp³-hybridized carbons (Fsp3) is 0.533. The number of hydrogen-bond acceptors (Lipinski definition) is 2. The van der Waals surface area contributed by atoms with E-state index in [4.69, 9.17) is 17.3 Å². The van der Waals surface area contributed by atoms with Gasteiger partial charge < -0.3 is 10.6 Å². The van der Waals surface area contributed by atoms with Crippen LogP contribution in [0.3, 0.4) is 0 Å². The number of amides is 1. The molecule has 0 saturated heterocycles. The van der Waals surface area contributed by atoms with E-state index in [2.05, 4.69) is 0 Å². The molecule has 0 radical (unpaired) electrons. The highest BCUT2D eigenvalue weighted by Gasteiger charge is 2.32. The van der Waals surface area contributed by atoms with Gasteiger partial charge in [-0.2, -0.15) is 0 Å². The molecule has 1 aliphatic rings. The van der Waals surface area contributed by atoms with Crippen LogP contribution in [0.1, 0.15) is 24.8 Å². The lowest BCUT2D eigenvalue weighted by Gasteiger charge is -2.29. The van der Waals surface area contributed by atoms with Crippen LogP contribution < -0.4 is 5.73 Å². The quantitative estimate of drug-likeness (QED) is 0.929. The van der Waals surface area contributed by atoms with E-state index in [1.165, 1.54) is 12.1 Å². The van der Waals surface area contributed by atoms with Crippen LogP contribution in [0, 0.1) is 11.7 Å². The molecule has 1 aromatic carbocycles. The van der Waals surface area contributed by atoms with Gasteiger partial charge in [-0.25, -0.2) is 4.39 Å². The summed E-state index contributed by atoms with van der Waals surface area (Å²) in [5.74, 6) is -0.191. The molecule has 0 heterocycles. The minimum atomic E-state index is -0.430. The van der Waals surface area contributed by atoms with Crippen molar-refractivity contribution in [1.29, 1.82) is 0 Å². The van der Waals surface area contributed by atoms with Crippen molar-refractivity contribution in [3.8, 4) is 0 Å². The number of hydrogen-bond donors (Lipinski definition) is 1. The molecule has 1 saturated carbocycles. The Morgan fingerprint density at radius 3 is 2.90 bits per heavy atom. The Morgan fingerprint density at radius 1 is 1.50 bits per heavy atom. The second-order valence-electron chi connectivity index (χ2n) is 5.38. The molecule has 2 rings (SSSR count). The molecular formula is C15H20ClFN2O. The number of carbonyl (C=O) groups is 1. The predicted octanol–water partition coefficient (Wildman–Crippen LogP) is 2.61. The lowest BCUT2D eigenvalue weighted by molar-refractivity contribution is -0.131. The lowest BCUT2D eigenvalue weighted by atomic mass is 10.0. The van der Waals surface area contributed by atoms with Crippen LogP contribution in [0.2, 0.25) is 5.02 Å². The van der Waals surface area contributed by atoms with Gasteiger partial charge in [0.25, 0.3) is 0 Å². The van der Waals surface area contributed by atoms with Gasteiger partial charge in [-0.1, -0.05) is 24.1 Å². The monoisotopic (exact) mass is 298 g/mol. The van der Waals surface area contributed by atoms with Crippen LogP contribution >= 0.6 is 11.6 Å². The molecule has 1 aromatic rings. The maximum absolute atomic E-state index is 13.7. The molecule has 3 nitrogen and oxygen atoms in total. The Kier molecular flexibility index (Phi) is 5.00. The first-order valence-electron chi connectivity index (χ1n) is 6.93. The van der Waals surface area contributed by atoms with Crippen molar-refractivity contribution in [2.24, 2.45) is 11.7 Å². The third-order valence-electron chi connectivity index (χ3n) is 4.20. The van der Waals surface area contributed by atoms with Crippen LogP contribution in [-0.4, -0.2) is 30.4 Å². The average molecular weight is 299 g/mol. The fourth-order valence-corrected chi connectivity index (χ4v) is 3.19. The van der Waals surface area contributed by atoms with Gasteiger partial charge in [0, 0.05) is 23.7 Å². The summed E-state index contributed by atoms with van der Waals surface area (Å²) in [6.45, 7) is 0.586. The number of halogens is 2. The van der Waals surface area contributed by atoms with E-state index in [9.17, 15) is 9.18 Å². The van der Waals surface area contributed by atoms with E-state index in [1.807, 2.05) is 0 Å². The third-order valence-corrected chi connectivity index (χ3v) is 4.56. The standard InChI is InChI=1S/C15H20ClFN2O/c1-19(14-7-2-4-10(14)9-18)15(20)8-11-12(16)5-3-6-13(11)17/h3,5-6,10,14H,2,4,7-9,18H2,1H3. The highest BCUT2D eigenvalue weighted by molar-refractivity contribution is 6.31. The number of benzene rings is 1. The predicted molar refractivity (Wildman–Crippen MR) is 78.1 cm³/mol. The molecule has 2 unspecified atom stereocenters. The zero-order chi connectivity index (χ0) is 14.7. The lowest BCUT2D eigenvalue weighted by Crippen LogP contribution is -2.42. The van der Waals surface area contributed by atoms with Crippen molar-refractivity contribution in [1.82, 2.24) is 4.90 Å². The third kappa shape index (κ3) is 3.13. The summed E-state index contributed by atoms with van der Waals surface area (Å²) >= 11 is 5.96. The molecule has 1 fully saturated rings. The van der Waals surface area contributed by atoms with Gasteiger partial charge in [0.2, 0.25) is 5.91 Å². The molecule has 20 heavy (non-hydrogen) atoms. The molecule has 2 atom stereocenters. The summed E-state index contributed by atoms with van der Waals surface area (Å²) in [5, 5.41) is 0.300. The summed E-state index contributed by atoms with van der Waals surface area (Å²) in [5.41, 5.74) is 6.02. The van der Waals surface area contributed by atoms with E-state index in [0.29, 0.717) is 17.5 Å². The minimum Gasteiger partial charge on any atom is -0.342 e. The van der Waals surface area contributed by atoms with Gasteiger partial charge in [-0.3, -0.25) is 4.79 Å². The largest absolute Gasteiger partial charge is 0.342 e. The van der Waals surface area contributed by atoms with Crippen molar-refractivity contribution >= 4 is 17.5 Å². The number of nitrogens with zero attached hydrogens (tertiary/aromatic N) is 1. The molecule has 1 aliphatic carbocycles. The van der Waals surface area contributed by atoms with Gasteiger partial charge in [0.1, 0.15) is 5.82 Å². The Balaban J connectivity index is 2.08. The molecule has 2 N–H and O–H groups in total. The summed E-state index contributed by atoms with van der Waals surface area (Å²) in [6.07, 6.45) is 3.11. The molecule has 0 aliphatic heterocycles. The SMILES string of the molecule is CN(C(=O)Cc1c(F)cccc1Cl)C1CCCC1CN. The van der Waals surface area contributed by atoms with Gasteiger partial charge >= 0.3 is 0 Å². The van der Waals surface area contributed by atoms with Crippen LogP contribution in [-0.2, 0) is 11.2 Å². The van der Waals surface area contributed by atoms with E-state index in [0.717, 1.165) is 19.3 Å². The maximum atomic E-state index is 13.7.